The van der Waals surface area contributed by atoms with E-state index >= 15 is 0 Å². The Morgan fingerprint density at radius 3 is 2.88 bits per heavy atom. The van der Waals surface area contributed by atoms with E-state index in [1.165, 1.54) is 23.6 Å². The lowest BCUT2D eigenvalue weighted by molar-refractivity contribution is 0.195. The summed E-state index contributed by atoms with van der Waals surface area (Å²) in [7, 11) is -0.398. The van der Waals surface area contributed by atoms with Gasteiger partial charge >= 0.3 is 0 Å². The number of aromatic amines is 1. The normalized spacial score (nSPS) is 14.2. The number of methoxy groups -OCH3 is 1. The SMILES string of the molecule is COCC(Br)CN(C)S(=O)(=O)c1ccn[nH]1. The maximum absolute atomic E-state index is 11.9. The molecule has 1 aromatic rings. The molecule has 0 aromatic carbocycles. The number of aromatic nitrogens is 2. The highest BCUT2D eigenvalue weighted by molar-refractivity contribution is 9.09. The predicted molar refractivity (Wildman–Crippen MR) is 63.0 cm³/mol. The molecule has 0 spiro atoms. The first-order valence-corrected chi connectivity index (χ1v) is 6.92. The molecule has 16 heavy (non-hydrogen) atoms. The Hall–Kier alpha value is -0.440. The average Bonchev–Trinajstić information content (AvgIpc) is 2.70. The molecule has 0 saturated heterocycles. The fourth-order valence-electron chi connectivity index (χ4n) is 1.17. The van der Waals surface area contributed by atoms with Gasteiger partial charge in [-0.05, 0) is 6.07 Å². The first-order chi connectivity index (χ1) is 7.48. The number of nitrogens with one attached hydrogen (secondary N) is 1. The van der Waals surface area contributed by atoms with Gasteiger partial charge in [-0.1, -0.05) is 15.9 Å². The van der Waals surface area contributed by atoms with Gasteiger partial charge in [0.05, 0.1) is 17.6 Å². The predicted octanol–water partition coefficient (Wildman–Crippen LogP) is 0.440. The second-order valence-electron chi connectivity index (χ2n) is 3.26. The smallest absolute Gasteiger partial charge is 0.259 e. The maximum Gasteiger partial charge on any atom is 0.259 e. The van der Waals surface area contributed by atoms with Crippen LogP contribution in [-0.2, 0) is 14.8 Å². The number of H-pyrrole nitrogens is 1. The number of ether oxygens (including phenoxy) is 1. The summed E-state index contributed by atoms with van der Waals surface area (Å²) < 4.78 is 30.0. The summed E-state index contributed by atoms with van der Waals surface area (Å²) in [6.07, 6.45) is 1.40. The number of halogens is 1. The van der Waals surface area contributed by atoms with Crippen molar-refractivity contribution in [3.8, 4) is 0 Å². The molecule has 1 aromatic heterocycles. The largest absolute Gasteiger partial charge is 0.383 e. The molecule has 0 aliphatic rings. The number of hydrogen-bond acceptors (Lipinski definition) is 4. The van der Waals surface area contributed by atoms with E-state index in [4.69, 9.17) is 4.74 Å². The van der Waals surface area contributed by atoms with Gasteiger partial charge in [-0.2, -0.15) is 9.40 Å². The third kappa shape index (κ3) is 3.27. The molecule has 0 saturated carbocycles. The molecule has 0 amide bonds. The van der Waals surface area contributed by atoms with Crippen LogP contribution in [0.5, 0.6) is 0 Å². The van der Waals surface area contributed by atoms with Crippen molar-refractivity contribution in [2.24, 2.45) is 0 Å². The molecule has 1 atom stereocenters. The lowest BCUT2D eigenvalue weighted by atomic mass is 10.4. The summed E-state index contributed by atoms with van der Waals surface area (Å²) in [5.74, 6) is 0. The Morgan fingerprint density at radius 1 is 1.69 bits per heavy atom. The van der Waals surface area contributed by atoms with Crippen LogP contribution < -0.4 is 0 Å². The minimum absolute atomic E-state index is 0.0415. The standard InChI is InChI=1S/C8H14BrN3O3S/c1-12(5-7(9)6-15-2)16(13,14)8-3-4-10-11-8/h3-4,7H,5-6H2,1-2H3,(H,10,11). The van der Waals surface area contributed by atoms with Gasteiger partial charge in [0.1, 0.15) is 0 Å². The van der Waals surface area contributed by atoms with E-state index in [9.17, 15) is 8.42 Å². The van der Waals surface area contributed by atoms with Crippen molar-refractivity contribution in [3.05, 3.63) is 12.3 Å². The van der Waals surface area contributed by atoms with E-state index in [-0.39, 0.29) is 9.85 Å². The van der Waals surface area contributed by atoms with Crippen LogP contribution in [0.1, 0.15) is 0 Å². The van der Waals surface area contributed by atoms with Gasteiger partial charge in [-0.3, -0.25) is 5.10 Å². The van der Waals surface area contributed by atoms with Crippen molar-refractivity contribution in [1.82, 2.24) is 14.5 Å². The first-order valence-electron chi connectivity index (χ1n) is 4.57. The summed E-state index contributed by atoms with van der Waals surface area (Å²) in [5, 5.41) is 6.15. The Morgan fingerprint density at radius 2 is 2.38 bits per heavy atom. The zero-order chi connectivity index (χ0) is 12.2. The lowest BCUT2D eigenvalue weighted by Crippen LogP contribution is -2.34. The van der Waals surface area contributed by atoms with Crippen LogP contribution in [0, 0.1) is 0 Å². The highest BCUT2D eigenvalue weighted by Gasteiger charge is 2.23. The average molecular weight is 312 g/mol. The van der Waals surface area contributed by atoms with E-state index in [2.05, 4.69) is 26.1 Å². The molecule has 0 radical (unpaired) electrons. The van der Waals surface area contributed by atoms with Crippen LogP contribution in [0.3, 0.4) is 0 Å². The molecule has 0 aliphatic heterocycles. The summed E-state index contributed by atoms with van der Waals surface area (Å²) in [6.45, 7) is 0.776. The van der Waals surface area contributed by atoms with E-state index in [1.54, 1.807) is 7.11 Å². The third-order valence-electron chi connectivity index (χ3n) is 1.97. The van der Waals surface area contributed by atoms with Crippen molar-refractivity contribution in [2.75, 3.05) is 27.3 Å². The van der Waals surface area contributed by atoms with Gasteiger partial charge in [0.15, 0.2) is 5.03 Å². The van der Waals surface area contributed by atoms with Crippen molar-refractivity contribution in [3.63, 3.8) is 0 Å². The lowest BCUT2D eigenvalue weighted by Gasteiger charge is -2.18. The monoisotopic (exact) mass is 311 g/mol. The van der Waals surface area contributed by atoms with E-state index in [1.807, 2.05) is 0 Å². The molecule has 1 N–H and O–H groups in total. The van der Waals surface area contributed by atoms with Gasteiger partial charge in [-0.15, -0.1) is 0 Å². The van der Waals surface area contributed by atoms with Crippen molar-refractivity contribution >= 4 is 26.0 Å². The molecular weight excluding hydrogens is 298 g/mol. The highest BCUT2D eigenvalue weighted by atomic mass is 79.9. The van der Waals surface area contributed by atoms with Crippen LogP contribution in [0.2, 0.25) is 0 Å². The van der Waals surface area contributed by atoms with Crippen molar-refractivity contribution in [1.29, 1.82) is 0 Å². The molecule has 0 fully saturated rings. The summed E-state index contributed by atoms with van der Waals surface area (Å²) in [5.41, 5.74) is 0. The Balaban J connectivity index is 2.70. The molecule has 1 unspecified atom stereocenters. The zero-order valence-electron chi connectivity index (χ0n) is 9.05. The minimum atomic E-state index is -3.48. The van der Waals surface area contributed by atoms with Crippen LogP contribution in [0.25, 0.3) is 0 Å². The summed E-state index contributed by atoms with van der Waals surface area (Å²) >= 11 is 3.34. The van der Waals surface area contributed by atoms with Crippen molar-refractivity contribution in [2.45, 2.75) is 9.85 Å². The Bertz CT molecular complexity index is 406. The zero-order valence-corrected chi connectivity index (χ0v) is 11.5. The number of rotatable bonds is 6. The van der Waals surface area contributed by atoms with Gasteiger partial charge in [0.2, 0.25) is 0 Å². The second-order valence-corrected chi connectivity index (χ2v) is 6.57. The molecule has 8 heteroatoms. The highest BCUT2D eigenvalue weighted by Crippen LogP contribution is 2.12. The van der Waals surface area contributed by atoms with E-state index in [0.29, 0.717) is 13.2 Å². The Kier molecular flexibility index (Phi) is 4.90. The second kappa shape index (κ2) is 5.76. The number of sulfonamides is 1. The molecule has 0 aliphatic carbocycles. The molecular formula is C8H14BrN3O3S. The van der Waals surface area contributed by atoms with Gasteiger partial charge in [-0.25, -0.2) is 8.42 Å². The molecule has 1 heterocycles. The quantitative estimate of drug-likeness (QED) is 0.774. The number of alkyl halides is 1. The minimum Gasteiger partial charge on any atom is -0.383 e. The maximum atomic E-state index is 11.9. The first kappa shape index (κ1) is 13.6. The van der Waals surface area contributed by atoms with E-state index < -0.39 is 10.0 Å². The van der Waals surface area contributed by atoms with Gasteiger partial charge in [0.25, 0.3) is 10.0 Å². The molecule has 92 valence electrons. The molecule has 6 nitrogen and oxygen atoms in total. The summed E-state index contributed by atoms with van der Waals surface area (Å²) in [6, 6.07) is 1.42. The molecule has 0 bridgehead atoms. The van der Waals surface area contributed by atoms with Crippen molar-refractivity contribution < 1.29 is 13.2 Å². The fourth-order valence-corrected chi connectivity index (χ4v) is 3.17. The molecule has 1 rings (SSSR count). The van der Waals surface area contributed by atoms with Crippen LogP contribution in [0.4, 0.5) is 0 Å². The number of nitrogens with zero attached hydrogens (tertiary/aromatic N) is 2. The number of hydrogen-bond donors (Lipinski definition) is 1. The topological polar surface area (TPSA) is 75.3 Å². The van der Waals surface area contributed by atoms with E-state index in [0.717, 1.165) is 0 Å². The fraction of sp³-hybridized carbons (Fsp3) is 0.625. The van der Waals surface area contributed by atoms with Crippen LogP contribution in [0.15, 0.2) is 17.3 Å². The van der Waals surface area contributed by atoms with Crippen LogP contribution >= 0.6 is 15.9 Å². The van der Waals surface area contributed by atoms with Gasteiger partial charge in [0, 0.05) is 20.7 Å². The van der Waals surface area contributed by atoms with Crippen LogP contribution in [-0.4, -0.2) is 55.1 Å². The van der Waals surface area contributed by atoms with Gasteiger partial charge < -0.3 is 4.74 Å². The summed E-state index contributed by atoms with van der Waals surface area (Å²) in [4.78, 5) is -0.0415. The Labute approximate surface area is 103 Å². The third-order valence-corrected chi connectivity index (χ3v) is 4.27.